The molecular weight excluding hydrogens is 302 g/mol. The Morgan fingerprint density at radius 1 is 1.24 bits per heavy atom. The van der Waals surface area contributed by atoms with Crippen LogP contribution < -0.4 is 5.32 Å². The molecule has 2 N–H and O–H groups in total. The fourth-order valence-electron chi connectivity index (χ4n) is 1.92. The van der Waals surface area contributed by atoms with Gasteiger partial charge in [0.05, 0.1) is 17.2 Å². The summed E-state index contributed by atoms with van der Waals surface area (Å²) in [5.41, 5.74) is 2.21. The number of hydrogen-bond acceptors (Lipinski definition) is 6. The van der Waals surface area contributed by atoms with E-state index >= 15 is 0 Å². The first-order chi connectivity index (χ1) is 10.2. The lowest BCUT2D eigenvalue weighted by Gasteiger charge is -2.06. The molecule has 0 fully saturated rings. The fraction of sp³-hybridized carbons (Fsp3) is 0.214. The zero-order valence-electron chi connectivity index (χ0n) is 11.8. The van der Waals surface area contributed by atoms with Gasteiger partial charge in [-0.1, -0.05) is 11.8 Å². The Morgan fingerprint density at radius 2 is 2.05 bits per heavy atom. The summed E-state index contributed by atoms with van der Waals surface area (Å²) >= 11 is 3.30. The van der Waals surface area contributed by atoms with Crippen LogP contribution in [0, 0.1) is 13.8 Å². The summed E-state index contributed by atoms with van der Waals surface area (Å²) in [6.07, 6.45) is 1.51. The number of nitrogens with zero attached hydrogens (tertiary/aromatic N) is 3. The summed E-state index contributed by atoms with van der Waals surface area (Å²) in [5, 5.41) is 12.0. The largest absolute Gasteiger partial charge is 0.380 e. The molecule has 108 valence electrons. The first kappa shape index (κ1) is 14.1. The second-order valence-corrected chi connectivity index (χ2v) is 6.86. The van der Waals surface area contributed by atoms with Crippen molar-refractivity contribution in [1.82, 2.24) is 20.2 Å². The minimum Gasteiger partial charge on any atom is -0.380 e. The van der Waals surface area contributed by atoms with Crippen molar-refractivity contribution in [3.63, 3.8) is 0 Å². The number of H-pyrrole nitrogens is 1. The lowest BCUT2D eigenvalue weighted by molar-refractivity contribution is 0.973. The van der Waals surface area contributed by atoms with Crippen LogP contribution in [-0.4, -0.2) is 20.2 Å². The number of benzene rings is 1. The lowest BCUT2D eigenvalue weighted by atomic mass is 10.3. The fourth-order valence-corrected chi connectivity index (χ4v) is 3.49. The summed E-state index contributed by atoms with van der Waals surface area (Å²) in [6.45, 7) is 4.90. The molecule has 2 heterocycles. The SMILES string of the molecule is Cc1nc(C)c(CNc2ccc(Sc3ncn[nH]3)cc2)s1. The first-order valence-corrected chi connectivity index (χ1v) is 8.14. The second kappa shape index (κ2) is 6.28. The van der Waals surface area contributed by atoms with E-state index in [2.05, 4.69) is 56.7 Å². The Labute approximate surface area is 131 Å². The third-order valence-electron chi connectivity index (χ3n) is 2.91. The van der Waals surface area contributed by atoms with Gasteiger partial charge in [0.2, 0.25) is 0 Å². The molecule has 5 nitrogen and oxygen atoms in total. The van der Waals surface area contributed by atoms with Crippen LogP contribution in [-0.2, 0) is 6.54 Å². The molecule has 0 amide bonds. The predicted octanol–water partition coefficient (Wildman–Crippen LogP) is 3.64. The van der Waals surface area contributed by atoms with Gasteiger partial charge in [-0.05, 0) is 38.1 Å². The number of hydrogen-bond donors (Lipinski definition) is 2. The molecule has 0 unspecified atom stereocenters. The molecule has 2 aromatic heterocycles. The molecule has 0 saturated heterocycles. The highest BCUT2D eigenvalue weighted by atomic mass is 32.2. The average Bonchev–Trinajstić information content (AvgIpc) is 3.08. The number of aromatic amines is 1. The van der Waals surface area contributed by atoms with E-state index in [4.69, 9.17) is 0 Å². The Kier molecular flexibility index (Phi) is 4.21. The van der Waals surface area contributed by atoms with Gasteiger partial charge in [0.15, 0.2) is 5.16 Å². The Morgan fingerprint density at radius 3 is 2.67 bits per heavy atom. The second-order valence-electron chi connectivity index (χ2n) is 4.51. The molecule has 0 bridgehead atoms. The number of aromatic nitrogens is 4. The minimum absolute atomic E-state index is 0.798. The van der Waals surface area contributed by atoms with Crippen LogP contribution in [0.3, 0.4) is 0 Å². The Hall–Kier alpha value is -1.86. The van der Waals surface area contributed by atoms with Crippen molar-refractivity contribution in [3.8, 4) is 0 Å². The van der Waals surface area contributed by atoms with Crippen molar-refractivity contribution in [2.45, 2.75) is 30.4 Å². The van der Waals surface area contributed by atoms with Gasteiger partial charge < -0.3 is 5.32 Å². The highest BCUT2D eigenvalue weighted by molar-refractivity contribution is 7.99. The quantitative estimate of drug-likeness (QED) is 0.752. The molecule has 1 aromatic carbocycles. The van der Waals surface area contributed by atoms with Crippen LogP contribution in [0.25, 0.3) is 0 Å². The van der Waals surface area contributed by atoms with Crippen molar-refractivity contribution < 1.29 is 0 Å². The number of thiazole rings is 1. The molecule has 0 spiro atoms. The van der Waals surface area contributed by atoms with Gasteiger partial charge in [0.25, 0.3) is 0 Å². The molecule has 0 atom stereocenters. The lowest BCUT2D eigenvalue weighted by Crippen LogP contribution is -1.98. The molecule has 0 radical (unpaired) electrons. The van der Waals surface area contributed by atoms with Crippen molar-refractivity contribution in [3.05, 3.63) is 46.2 Å². The van der Waals surface area contributed by atoms with Crippen molar-refractivity contribution in [1.29, 1.82) is 0 Å². The highest BCUT2D eigenvalue weighted by Gasteiger charge is 2.05. The minimum atomic E-state index is 0.798. The topological polar surface area (TPSA) is 66.5 Å². The smallest absolute Gasteiger partial charge is 0.188 e. The Balaban J connectivity index is 1.60. The molecule has 0 aliphatic rings. The van der Waals surface area contributed by atoms with E-state index in [0.717, 1.165) is 33.0 Å². The molecular formula is C14H15N5S2. The van der Waals surface area contributed by atoms with Gasteiger partial charge in [-0.3, -0.25) is 5.10 Å². The van der Waals surface area contributed by atoms with Gasteiger partial charge in [-0.2, -0.15) is 5.10 Å². The van der Waals surface area contributed by atoms with E-state index in [1.165, 1.54) is 11.2 Å². The zero-order chi connectivity index (χ0) is 14.7. The van der Waals surface area contributed by atoms with Crippen LogP contribution >= 0.6 is 23.1 Å². The van der Waals surface area contributed by atoms with E-state index in [0.29, 0.717) is 0 Å². The Bertz CT molecular complexity index is 704. The first-order valence-electron chi connectivity index (χ1n) is 6.51. The number of anilines is 1. The maximum absolute atomic E-state index is 4.44. The van der Waals surface area contributed by atoms with Crippen molar-refractivity contribution >= 4 is 28.8 Å². The number of aryl methyl sites for hydroxylation is 2. The molecule has 0 aliphatic heterocycles. The molecule has 0 aliphatic carbocycles. The summed E-state index contributed by atoms with van der Waals surface area (Å²) in [5.74, 6) is 0. The van der Waals surface area contributed by atoms with Gasteiger partial charge in [-0.25, -0.2) is 9.97 Å². The molecule has 21 heavy (non-hydrogen) atoms. The van der Waals surface area contributed by atoms with Crippen LogP contribution in [0.4, 0.5) is 5.69 Å². The average molecular weight is 317 g/mol. The van der Waals surface area contributed by atoms with Crippen LogP contribution in [0.15, 0.2) is 40.6 Å². The molecule has 7 heteroatoms. The third kappa shape index (κ3) is 3.62. The van der Waals surface area contributed by atoms with Crippen LogP contribution in [0.2, 0.25) is 0 Å². The maximum Gasteiger partial charge on any atom is 0.188 e. The monoisotopic (exact) mass is 317 g/mol. The van der Waals surface area contributed by atoms with Gasteiger partial charge in [0, 0.05) is 15.5 Å². The molecule has 0 saturated carbocycles. The standard InChI is InChI=1S/C14H15N5S2/c1-9-13(20-10(2)18-9)7-15-11-3-5-12(6-4-11)21-14-16-8-17-19-14/h3-6,8,15H,7H2,1-2H3,(H,16,17,19). The van der Waals surface area contributed by atoms with E-state index in [1.54, 1.807) is 23.1 Å². The van der Waals surface area contributed by atoms with Gasteiger partial charge in [0.1, 0.15) is 6.33 Å². The third-order valence-corrected chi connectivity index (χ3v) is 4.89. The number of nitrogens with one attached hydrogen (secondary N) is 2. The summed E-state index contributed by atoms with van der Waals surface area (Å²) < 4.78 is 0. The van der Waals surface area contributed by atoms with Crippen LogP contribution in [0.1, 0.15) is 15.6 Å². The normalized spacial score (nSPS) is 10.8. The summed E-state index contributed by atoms with van der Waals surface area (Å²) in [6, 6.07) is 8.28. The zero-order valence-corrected chi connectivity index (χ0v) is 13.4. The van der Waals surface area contributed by atoms with Gasteiger partial charge in [-0.15, -0.1) is 11.3 Å². The summed E-state index contributed by atoms with van der Waals surface area (Å²) in [7, 11) is 0. The van der Waals surface area contributed by atoms with E-state index in [-0.39, 0.29) is 0 Å². The molecule has 3 rings (SSSR count). The molecule has 3 aromatic rings. The van der Waals surface area contributed by atoms with Crippen molar-refractivity contribution in [2.75, 3.05) is 5.32 Å². The maximum atomic E-state index is 4.44. The van der Waals surface area contributed by atoms with Crippen molar-refractivity contribution in [2.24, 2.45) is 0 Å². The van der Waals surface area contributed by atoms with E-state index in [1.807, 2.05) is 6.92 Å². The number of rotatable bonds is 5. The predicted molar refractivity (Wildman–Crippen MR) is 85.9 cm³/mol. The highest BCUT2D eigenvalue weighted by Crippen LogP contribution is 2.25. The summed E-state index contributed by atoms with van der Waals surface area (Å²) in [4.78, 5) is 10.9. The van der Waals surface area contributed by atoms with Gasteiger partial charge >= 0.3 is 0 Å². The van der Waals surface area contributed by atoms with E-state index < -0.39 is 0 Å². The van der Waals surface area contributed by atoms with Crippen LogP contribution in [0.5, 0.6) is 0 Å². The van der Waals surface area contributed by atoms with E-state index in [9.17, 15) is 0 Å².